The number of ether oxygens (including phenoxy) is 3. The molecule has 0 atom stereocenters. The number of methoxy groups -OCH3 is 2. The third kappa shape index (κ3) is 5.37. The molecule has 0 heterocycles. The van der Waals surface area contributed by atoms with Crippen molar-refractivity contribution in [1.29, 1.82) is 0 Å². The van der Waals surface area contributed by atoms with Crippen molar-refractivity contribution in [2.75, 3.05) is 14.2 Å². The number of non-ortho nitro benzene ring substituents is 1. The van der Waals surface area contributed by atoms with E-state index in [9.17, 15) is 19.7 Å². The first-order valence-electron chi connectivity index (χ1n) is 9.42. The van der Waals surface area contributed by atoms with Crippen molar-refractivity contribution < 1.29 is 28.7 Å². The first-order chi connectivity index (χ1) is 15.4. The summed E-state index contributed by atoms with van der Waals surface area (Å²) in [7, 11) is 3.09. The van der Waals surface area contributed by atoms with Gasteiger partial charge in [0.2, 0.25) is 0 Å². The van der Waals surface area contributed by atoms with Crippen molar-refractivity contribution in [1.82, 2.24) is 0 Å². The van der Waals surface area contributed by atoms with Gasteiger partial charge in [-0.15, -0.1) is 0 Å². The highest BCUT2D eigenvalue weighted by atomic mass is 16.6. The van der Waals surface area contributed by atoms with E-state index in [4.69, 9.17) is 14.2 Å². The van der Waals surface area contributed by atoms with E-state index >= 15 is 0 Å². The van der Waals surface area contributed by atoms with Crippen molar-refractivity contribution in [3.8, 4) is 17.2 Å². The average Bonchev–Trinajstić information content (AvgIpc) is 2.82. The summed E-state index contributed by atoms with van der Waals surface area (Å²) >= 11 is 0. The van der Waals surface area contributed by atoms with Gasteiger partial charge >= 0.3 is 5.97 Å². The van der Waals surface area contributed by atoms with Crippen LogP contribution in [0.25, 0.3) is 6.08 Å². The van der Waals surface area contributed by atoms with Crippen molar-refractivity contribution >= 4 is 23.5 Å². The van der Waals surface area contributed by atoms with E-state index in [1.807, 2.05) is 0 Å². The van der Waals surface area contributed by atoms with E-state index in [1.165, 1.54) is 61.7 Å². The second kappa shape index (κ2) is 10.0. The first-order valence-corrected chi connectivity index (χ1v) is 9.42. The Balaban J connectivity index is 1.67. The molecule has 0 aromatic heterocycles. The van der Waals surface area contributed by atoms with Gasteiger partial charge in [0, 0.05) is 23.3 Å². The number of hydrogen-bond donors (Lipinski definition) is 0. The maximum Gasteiger partial charge on any atom is 0.343 e. The predicted octanol–water partition coefficient (Wildman–Crippen LogP) is 4.73. The molecule has 0 amide bonds. The van der Waals surface area contributed by atoms with E-state index in [-0.39, 0.29) is 22.8 Å². The van der Waals surface area contributed by atoms with Crippen LogP contribution in [0.2, 0.25) is 0 Å². The maximum atomic E-state index is 12.5. The topological polar surface area (TPSA) is 105 Å². The number of nitro benzene ring substituents is 1. The molecular weight excluding hydrogens is 414 g/mol. The van der Waals surface area contributed by atoms with Crippen molar-refractivity contribution in [2.45, 2.75) is 0 Å². The zero-order valence-corrected chi connectivity index (χ0v) is 17.3. The molecule has 0 N–H and O–H groups in total. The Labute approximate surface area is 183 Å². The zero-order chi connectivity index (χ0) is 23.1. The number of hydrogen-bond acceptors (Lipinski definition) is 7. The van der Waals surface area contributed by atoms with Gasteiger partial charge in [0.15, 0.2) is 5.78 Å². The Morgan fingerprint density at radius 3 is 2.06 bits per heavy atom. The van der Waals surface area contributed by atoms with E-state index in [0.29, 0.717) is 22.6 Å². The Morgan fingerprint density at radius 1 is 0.844 bits per heavy atom. The van der Waals surface area contributed by atoms with Crippen LogP contribution in [0.4, 0.5) is 5.69 Å². The van der Waals surface area contributed by atoms with E-state index in [2.05, 4.69) is 0 Å². The highest BCUT2D eigenvalue weighted by Crippen LogP contribution is 2.25. The van der Waals surface area contributed by atoms with E-state index in [0.717, 1.165) is 0 Å². The minimum Gasteiger partial charge on any atom is -0.497 e. The van der Waals surface area contributed by atoms with Crippen LogP contribution >= 0.6 is 0 Å². The third-order valence-electron chi connectivity index (χ3n) is 4.51. The number of esters is 1. The number of nitrogens with zero attached hydrogens (tertiary/aromatic N) is 1. The van der Waals surface area contributed by atoms with Crippen LogP contribution in [-0.4, -0.2) is 30.9 Å². The molecular formula is C24H19NO7. The fourth-order valence-corrected chi connectivity index (χ4v) is 2.80. The smallest absolute Gasteiger partial charge is 0.343 e. The first kappa shape index (κ1) is 22.2. The zero-order valence-electron chi connectivity index (χ0n) is 17.3. The molecule has 3 rings (SSSR count). The molecule has 32 heavy (non-hydrogen) atoms. The molecule has 8 heteroatoms. The SMILES string of the molecule is COc1ccc(OC)c(C=CC(=O)c2ccc(OC(=O)c3ccc([N+](=O)[O-])cc3)cc2)c1. The molecule has 162 valence electrons. The molecule has 0 saturated heterocycles. The number of benzene rings is 3. The van der Waals surface area contributed by atoms with Crippen LogP contribution in [0.1, 0.15) is 26.3 Å². The number of carbonyl (C=O) groups excluding carboxylic acids is 2. The van der Waals surface area contributed by atoms with Gasteiger partial charge in [-0.2, -0.15) is 0 Å². The van der Waals surface area contributed by atoms with Gasteiger partial charge in [-0.05, 0) is 66.7 Å². The number of nitro groups is 1. The third-order valence-corrected chi connectivity index (χ3v) is 4.51. The fraction of sp³-hybridized carbons (Fsp3) is 0.0833. The van der Waals surface area contributed by atoms with E-state index < -0.39 is 10.9 Å². The van der Waals surface area contributed by atoms with Gasteiger partial charge in [0.05, 0.1) is 24.7 Å². The fourth-order valence-electron chi connectivity index (χ4n) is 2.80. The Bertz CT molecular complexity index is 1170. The minimum atomic E-state index is -0.663. The standard InChI is InChI=1S/C24H19NO7/c1-30-21-12-14-23(31-2)18(15-21)7-13-22(26)16-5-10-20(11-6-16)32-24(27)17-3-8-19(9-4-17)25(28)29/h3-15H,1-2H3. The molecule has 0 spiro atoms. The highest BCUT2D eigenvalue weighted by molar-refractivity contribution is 6.07. The Kier molecular flexibility index (Phi) is 6.97. The van der Waals surface area contributed by atoms with Gasteiger partial charge < -0.3 is 14.2 Å². The molecule has 8 nitrogen and oxygen atoms in total. The van der Waals surface area contributed by atoms with Crippen molar-refractivity contribution in [3.63, 3.8) is 0 Å². The molecule has 0 aliphatic rings. The lowest BCUT2D eigenvalue weighted by molar-refractivity contribution is -0.384. The summed E-state index contributed by atoms with van der Waals surface area (Å²) in [5.74, 6) is 0.566. The molecule has 0 bridgehead atoms. The number of carbonyl (C=O) groups is 2. The summed E-state index contributed by atoms with van der Waals surface area (Å²) in [6.45, 7) is 0. The molecule has 0 saturated carbocycles. The quantitative estimate of drug-likeness (QED) is 0.126. The molecule has 0 radical (unpaired) electrons. The second-order valence-electron chi connectivity index (χ2n) is 6.52. The highest BCUT2D eigenvalue weighted by Gasteiger charge is 2.12. The van der Waals surface area contributed by atoms with Gasteiger partial charge in [-0.1, -0.05) is 0 Å². The van der Waals surface area contributed by atoms with Crippen LogP contribution in [-0.2, 0) is 0 Å². The maximum absolute atomic E-state index is 12.5. The summed E-state index contributed by atoms with van der Waals surface area (Å²) in [6, 6.07) is 16.4. The molecule has 0 aliphatic heterocycles. The number of ketones is 1. The summed E-state index contributed by atoms with van der Waals surface area (Å²) < 4.78 is 15.7. The lowest BCUT2D eigenvalue weighted by Gasteiger charge is -2.07. The summed E-state index contributed by atoms with van der Waals surface area (Å²) in [5.41, 5.74) is 1.14. The minimum absolute atomic E-state index is 0.121. The van der Waals surface area contributed by atoms with Crippen LogP contribution in [0.15, 0.2) is 72.8 Å². The summed E-state index contributed by atoms with van der Waals surface area (Å²) in [4.78, 5) is 34.8. The monoisotopic (exact) mass is 433 g/mol. The van der Waals surface area contributed by atoms with Gasteiger partial charge in [-0.25, -0.2) is 4.79 Å². The Morgan fingerprint density at radius 2 is 1.47 bits per heavy atom. The largest absolute Gasteiger partial charge is 0.497 e. The number of allylic oxidation sites excluding steroid dienone is 1. The molecule has 0 fully saturated rings. The lowest BCUT2D eigenvalue weighted by Crippen LogP contribution is -2.08. The predicted molar refractivity (Wildman–Crippen MR) is 117 cm³/mol. The van der Waals surface area contributed by atoms with Crippen molar-refractivity contribution in [2.24, 2.45) is 0 Å². The molecule has 3 aromatic rings. The average molecular weight is 433 g/mol. The molecule has 3 aromatic carbocycles. The Hall–Kier alpha value is -4.46. The van der Waals surface area contributed by atoms with Crippen LogP contribution in [0, 0.1) is 10.1 Å². The van der Waals surface area contributed by atoms with Gasteiger partial charge in [-0.3, -0.25) is 14.9 Å². The summed E-state index contributed by atoms with van der Waals surface area (Å²) in [5, 5.41) is 10.7. The molecule has 0 aliphatic carbocycles. The van der Waals surface area contributed by atoms with E-state index in [1.54, 1.807) is 31.4 Å². The van der Waals surface area contributed by atoms with Gasteiger partial charge in [0.25, 0.3) is 5.69 Å². The molecule has 0 unspecified atom stereocenters. The van der Waals surface area contributed by atoms with Crippen LogP contribution in [0.3, 0.4) is 0 Å². The van der Waals surface area contributed by atoms with Crippen LogP contribution < -0.4 is 14.2 Å². The summed E-state index contributed by atoms with van der Waals surface area (Å²) in [6.07, 6.45) is 3.04. The van der Waals surface area contributed by atoms with Crippen molar-refractivity contribution in [3.05, 3.63) is 99.6 Å². The number of rotatable bonds is 8. The normalized spacial score (nSPS) is 10.6. The van der Waals surface area contributed by atoms with Crippen LogP contribution in [0.5, 0.6) is 17.2 Å². The van der Waals surface area contributed by atoms with Gasteiger partial charge in [0.1, 0.15) is 17.2 Å². The lowest BCUT2D eigenvalue weighted by atomic mass is 10.1. The second-order valence-corrected chi connectivity index (χ2v) is 6.52.